The molecular formula is C17H17N5O4. The Morgan fingerprint density at radius 2 is 1.73 bits per heavy atom. The van der Waals surface area contributed by atoms with Crippen molar-refractivity contribution in [1.29, 1.82) is 0 Å². The van der Waals surface area contributed by atoms with E-state index in [1.807, 2.05) is 0 Å². The Hall–Kier alpha value is -3.62. The normalized spacial score (nSPS) is 10.3. The van der Waals surface area contributed by atoms with Gasteiger partial charge in [-0.3, -0.25) is 4.79 Å². The van der Waals surface area contributed by atoms with Crippen LogP contribution in [0.25, 0.3) is 5.69 Å². The van der Waals surface area contributed by atoms with Gasteiger partial charge in [-0.2, -0.15) is 4.68 Å². The van der Waals surface area contributed by atoms with Crippen molar-refractivity contribution in [2.24, 2.45) is 0 Å². The van der Waals surface area contributed by atoms with E-state index in [2.05, 4.69) is 20.8 Å². The number of methoxy groups -OCH3 is 3. The van der Waals surface area contributed by atoms with Crippen molar-refractivity contribution in [2.75, 3.05) is 26.6 Å². The van der Waals surface area contributed by atoms with Crippen molar-refractivity contribution in [1.82, 2.24) is 20.2 Å². The standard InChI is InChI=1S/C17H17N5O4/c1-24-13-6-11(7-14(9-13)25-2)17(23)19-12-4-5-16(26-3)15(8-12)22-10-18-20-21-22/h4-10H,1-3H3,(H,19,23). The number of ether oxygens (including phenoxy) is 3. The van der Waals surface area contributed by atoms with Gasteiger partial charge in [-0.25, -0.2) is 0 Å². The van der Waals surface area contributed by atoms with Crippen molar-refractivity contribution in [2.45, 2.75) is 0 Å². The Morgan fingerprint density at radius 1 is 1.00 bits per heavy atom. The van der Waals surface area contributed by atoms with Gasteiger partial charge in [0.25, 0.3) is 5.91 Å². The number of hydrogen-bond donors (Lipinski definition) is 1. The third-order valence-electron chi connectivity index (χ3n) is 3.65. The molecule has 9 heteroatoms. The van der Waals surface area contributed by atoms with E-state index in [1.54, 1.807) is 43.5 Å². The number of hydrogen-bond acceptors (Lipinski definition) is 7. The molecule has 3 aromatic rings. The summed E-state index contributed by atoms with van der Waals surface area (Å²) in [5, 5.41) is 13.9. The second-order valence-electron chi connectivity index (χ2n) is 5.20. The van der Waals surface area contributed by atoms with Crippen LogP contribution in [0.1, 0.15) is 10.4 Å². The zero-order valence-electron chi connectivity index (χ0n) is 14.5. The number of benzene rings is 2. The maximum atomic E-state index is 12.6. The van der Waals surface area contributed by atoms with Crippen molar-refractivity contribution in [3.05, 3.63) is 48.3 Å². The lowest BCUT2D eigenvalue weighted by Gasteiger charge is -2.12. The van der Waals surface area contributed by atoms with E-state index in [4.69, 9.17) is 14.2 Å². The molecule has 0 unspecified atom stereocenters. The summed E-state index contributed by atoms with van der Waals surface area (Å²) in [7, 11) is 4.60. The highest BCUT2D eigenvalue weighted by Gasteiger charge is 2.13. The number of rotatable bonds is 6. The monoisotopic (exact) mass is 355 g/mol. The van der Waals surface area contributed by atoms with E-state index in [0.717, 1.165) is 0 Å². The summed E-state index contributed by atoms with van der Waals surface area (Å²) >= 11 is 0. The molecule has 0 saturated heterocycles. The minimum atomic E-state index is -0.310. The summed E-state index contributed by atoms with van der Waals surface area (Å²) < 4.78 is 17.1. The molecular weight excluding hydrogens is 338 g/mol. The molecule has 0 aliphatic heterocycles. The lowest BCUT2D eigenvalue weighted by Crippen LogP contribution is -2.13. The summed E-state index contributed by atoms with van der Waals surface area (Å²) in [5.41, 5.74) is 1.56. The van der Waals surface area contributed by atoms with E-state index < -0.39 is 0 Å². The predicted molar refractivity (Wildman–Crippen MR) is 93.2 cm³/mol. The van der Waals surface area contributed by atoms with Gasteiger partial charge < -0.3 is 19.5 Å². The van der Waals surface area contributed by atoms with E-state index >= 15 is 0 Å². The fraction of sp³-hybridized carbons (Fsp3) is 0.176. The molecule has 0 atom stereocenters. The lowest BCUT2D eigenvalue weighted by molar-refractivity contribution is 0.102. The average Bonchev–Trinajstić information content (AvgIpc) is 3.22. The first-order chi connectivity index (χ1) is 12.6. The Bertz CT molecular complexity index is 889. The third-order valence-corrected chi connectivity index (χ3v) is 3.65. The summed E-state index contributed by atoms with van der Waals surface area (Å²) in [4.78, 5) is 12.6. The zero-order chi connectivity index (χ0) is 18.5. The summed E-state index contributed by atoms with van der Waals surface area (Å²) in [6.07, 6.45) is 1.44. The van der Waals surface area contributed by atoms with Gasteiger partial charge in [-0.15, -0.1) is 5.10 Å². The Kier molecular flexibility index (Phi) is 4.97. The Labute approximate surface area is 149 Å². The molecule has 1 amide bonds. The topological polar surface area (TPSA) is 100 Å². The number of carbonyl (C=O) groups excluding carboxylic acids is 1. The van der Waals surface area contributed by atoms with E-state index in [9.17, 15) is 4.79 Å². The molecule has 134 valence electrons. The quantitative estimate of drug-likeness (QED) is 0.721. The molecule has 26 heavy (non-hydrogen) atoms. The highest BCUT2D eigenvalue weighted by atomic mass is 16.5. The largest absolute Gasteiger partial charge is 0.497 e. The molecule has 0 fully saturated rings. The molecule has 0 aliphatic carbocycles. The van der Waals surface area contributed by atoms with Crippen LogP contribution in [0, 0.1) is 0 Å². The molecule has 0 bridgehead atoms. The van der Waals surface area contributed by atoms with E-state index in [0.29, 0.717) is 34.2 Å². The van der Waals surface area contributed by atoms with Crippen LogP contribution in [0.3, 0.4) is 0 Å². The Balaban J connectivity index is 1.89. The smallest absolute Gasteiger partial charge is 0.255 e. The number of nitrogens with zero attached hydrogens (tertiary/aromatic N) is 4. The molecule has 1 aromatic heterocycles. The van der Waals surface area contributed by atoms with Gasteiger partial charge in [0.15, 0.2) is 0 Å². The lowest BCUT2D eigenvalue weighted by atomic mass is 10.1. The van der Waals surface area contributed by atoms with Crippen LogP contribution in [-0.2, 0) is 0 Å². The van der Waals surface area contributed by atoms with Crippen molar-refractivity contribution in [3.8, 4) is 22.9 Å². The number of amides is 1. The first-order valence-electron chi connectivity index (χ1n) is 7.60. The van der Waals surface area contributed by atoms with Gasteiger partial charge in [0.2, 0.25) is 0 Å². The fourth-order valence-electron chi connectivity index (χ4n) is 2.36. The molecule has 0 aliphatic rings. The van der Waals surface area contributed by atoms with Crippen molar-refractivity contribution < 1.29 is 19.0 Å². The van der Waals surface area contributed by atoms with Crippen LogP contribution in [0.4, 0.5) is 5.69 Å². The number of anilines is 1. The van der Waals surface area contributed by atoms with Gasteiger partial charge in [-0.1, -0.05) is 0 Å². The summed E-state index contributed by atoms with van der Waals surface area (Å²) in [6, 6.07) is 10.1. The number of nitrogens with one attached hydrogen (secondary N) is 1. The molecule has 9 nitrogen and oxygen atoms in total. The minimum Gasteiger partial charge on any atom is -0.497 e. The van der Waals surface area contributed by atoms with Gasteiger partial charge in [0, 0.05) is 17.3 Å². The zero-order valence-corrected chi connectivity index (χ0v) is 14.5. The van der Waals surface area contributed by atoms with Crippen LogP contribution < -0.4 is 19.5 Å². The first-order valence-corrected chi connectivity index (χ1v) is 7.60. The van der Waals surface area contributed by atoms with E-state index in [-0.39, 0.29) is 5.91 Å². The maximum Gasteiger partial charge on any atom is 0.255 e. The minimum absolute atomic E-state index is 0.310. The molecule has 1 heterocycles. The molecule has 0 radical (unpaired) electrons. The SMILES string of the molecule is COc1cc(OC)cc(C(=O)Nc2ccc(OC)c(-n3cnnn3)c2)c1. The van der Waals surface area contributed by atoms with Gasteiger partial charge in [0.05, 0.1) is 21.3 Å². The van der Waals surface area contributed by atoms with E-state index in [1.165, 1.54) is 25.2 Å². The highest BCUT2D eigenvalue weighted by Crippen LogP contribution is 2.27. The predicted octanol–water partition coefficient (Wildman–Crippen LogP) is 1.94. The molecule has 2 aromatic carbocycles. The maximum absolute atomic E-state index is 12.6. The summed E-state index contributed by atoms with van der Waals surface area (Å²) in [5.74, 6) is 1.31. The van der Waals surface area contributed by atoms with Gasteiger partial charge in [-0.05, 0) is 40.8 Å². The highest BCUT2D eigenvalue weighted by molar-refractivity contribution is 6.05. The van der Waals surface area contributed by atoms with Crippen molar-refractivity contribution >= 4 is 11.6 Å². The average molecular weight is 355 g/mol. The van der Waals surface area contributed by atoms with Crippen LogP contribution in [0.2, 0.25) is 0 Å². The molecule has 0 saturated carbocycles. The van der Waals surface area contributed by atoms with Crippen LogP contribution in [0.5, 0.6) is 17.2 Å². The Morgan fingerprint density at radius 3 is 2.31 bits per heavy atom. The molecule has 1 N–H and O–H groups in total. The van der Waals surface area contributed by atoms with Gasteiger partial charge >= 0.3 is 0 Å². The molecule has 0 spiro atoms. The number of carbonyl (C=O) groups is 1. The molecule has 3 rings (SSSR count). The van der Waals surface area contributed by atoms with Crippen LogP contribution >= 0.6 is 0 Å². The summed E-state index contributed by atoms with van der Waals surface area (Å²) in [6.45, 7) is 0. The fourth-order valence-corrected chi connectivity index (χ4v) is 2.36. The second kappa shape index (κ2) is 7.51. The first kappa shape index (κ1) is 17.2. The third kappa shape index (κ3) is 3.56. The second-order valence-corrected chi connectivity index (χ2v) is 5.20. The van der Waals surface area contributed by atoms with Crippen LogP contribution in [-0.4, -0.2) is 47.4 Å². The van der Waals surface area contributed by atoms with Crippen LogP contribution in [0.15, 0.2) is 42.7 Å². The van der Waals surface area contributed by atoms with Gasteiger partial charge in [0.1, 0.15) is 29.3 Å². The number of tetrazole rings is 1. The van der Waals surface area contributed by atoms with Crippen molar-refractivity contribution in [3.63, 3.8) is 0 Å². The number of aromatic nitrogens is 4.